The molecule has 0 bridgehead atoms. The molecule has 0 fully saturated rings. The average Bonchev–Trinajstić information content (AvgIpc) is 2.68. The van der Waals surface area contributed by atoms with E-state index in [1.54, 1.807) is 24.3 Å². The number of carbonyl (C=O) groups excluding carboxylic acids is 2. The molecule has 3 aromatic rings. The Morgan fingerprint density at radius 3 is 2.57 bits per heavy atom. The van der Waals surface area contributed by atoms with Crippen molar-refractivity contribution >= 4 is 22.8 Å². The molecule has 0 spiro atoms. The number of para-hydroxylation sites is 1. The molecule has 0 aliphatic carbocycles. The normalized spacial score (nSPS) is 11.8. The van der Waals surface area contributed by atoms with Crippen LogP contribution in [-0.4, -0.2) is 23.5 Å². The van der Waals surface area contributed by atoms with Crippen molar-refractivity contribution in [1.82, 2.24) is 10.3 Å². The van der Waals surface area contributed by atoms with Crippen LogP contribution in [0, 0.1) is 13.8 Å². The van der Waals surface area contributed by atoms with Gasteiger partial charge in [-0.05, 0) is 49.6 Å². The number of amides is 1. The highest BCUT2D eigenvalue weighted by Gasteiger charge is 2.15. The van der Waals surface area contributed by atoms with Gasteiger partial charge in [0.05, 0.1) is 6.04 Å². The molecule has 28 heavy (non-hydrogen) atoms. The van der Waals surface area contributed by atoms with Gasteiger partial charge in [-0.25, -0.2) is 4.79 Å². The Labute approximate surface area is 162 Å². The number of benzene rings is 2. The summed E-state index contributed by atoms with van der Waals surface area (Å²) in [4.78, 5) is 39.3. The van der Waals surface area contributed by atoms with E-state index in [1.807, 2.05) is 39.0 Å². The van der Waals surface area contributed by atoms with E-state index in [1.165, 1.54) is 11.6 Å². The molecule has 1 aromatic heterocycles. The molecule has 1 amide bonds. The Morgan fingerprint density at radius 1 is 1.07 bits per heavy atom. The summed E-state index contributed by atoms with van der Waals surface area (Å²) < 4.78 is 5.05. The van der Waals surface area contributed by atoms with Crippen LogP contribution in [0.5, 0.6) is 0 Å². The van der Waals surface area contributed by atoms with E-state index in [9.17, 15) is 14.4 Å². The van der Waals surface area contributed by atoms with Gasteiger partial charge in [0.15, 0.2) is 12.0 Å². The lowest BCUT2D eigenvalue weighted by Crippen LogP contribution is -2.31. The summed E-state index contributed by atoms with van der Waals surface area (Å²) in [5.41, 5.74) is 3.56. The van der Waals surface area contributed by atoms with Gasteiger partial charge in [-0.2, -0.15) is 0 Å². The van der Waals surface area contributed by atoms with E-state index < -0.39 is 18.5 Å². The minimum atomic E-state index is -0.753. The summed E-state index contributed by atoms with van der Waals surface area (Å²) in [5.74, 6) is -1.17. The number of esters is 1. The maximum atomic E-state index is 12.2. The topological polar surface area (TPSA) is 88.3 Å². The van der Waals surface area contributed by atoms with Crippen LogP contribution in [0.1, 0.15) is 40.1 Å². The molecule has 2 N–H and O–H groups in total. The number of rotatable bonds is 5. The lowest BCUT2D eigenvalue weighted by atomic mass is 10.0. The highest BCUT2D eigenvalue weighted by molar-refractivity contribution is 5.92. The van der Waals surface area contributed by atoms with E-state index >= 15 is 0 Å². The van der Waals surface area contributed by atoms with Crippen molar-refractivity contribution in [3.8, 4) is 0 Å². The van der Waals surface area contributed by atoms with Crippen LogP contribution < -0.4 is 10.7 Å². The molecule has 2 aromatic carbocycles. The number of aromatic nitrogens is 1. The molecular weight excluding hydrogens is 356 g/mol. The molecule has 1 heterocycles. The molecule has 0 unspecified atom stereocenters. The highest BCUT2D eigenvalue weighted by Crippen LogP contribution is 2.16. The number of H-pyrrole nitrogens is 1. The lowest BCUT2D eigenvalue weighted by Gasteiger charge is -2.15. The first kappa shape index (κ1) is 19.4. The van der Waals surface area contributed by atoms with Crippen LogP contribution in [0.3, 0.4) is 0 Å². The summed E-state index contributed by atoms with van der Waals surface area (Å²) in [6, 6.07) is 13.8. The van der Waals surface area contributed by atoms with Crippen molar-refractivity contribution in [2.75, 3.05) is 6.61 Å². The van der Waals surface area contributed by atoms with E-state index in [0.717, 1.165) is 11.1 Å². The highest BCUT2D eigenvalue weighted by atomic mass is 16.5. The minimum absolute atomic E-state index is 0.0127. The van der Waals surface area contributed by atoms with Crippen molar-refractivity contribution in [3.63, 3.8) is 0 Å². The summed E-state index contributed by atoms with van der Waals surface area (Å²) >= 11 is 0. The number of carbonyl (C=O) groups is 2. The van der Waals surface area contributed by atoms with E-state index in [4.69, 9.17) is 4.74 Å². The van der Waals surface area contributed by atoms with E-state index in [0.29, 0.717) is 10.9 Å². The zero-order valence-corrected chi connectivity index (χ0v) is 16.0. The van der Waals surface area contributed by atoms with Gasteiger partial charge in [-0.3, -0.25) is 9.59 Å². The quantitative estimate of drug-likeness (QED) is 0.668. The Kier molecular flexibility index (Phi) is 5.59. The number of pyridine rings is 1. The molecule has 0 saturated heterocycles. The molecule has 6 heteroatoms. The van der Waals surface area contributed by atoms with Crippen molar-refractivity contribution in [1.29, 1.82) is 0 Å². The molecule has 0 aliphatic heterocycles. The zero-order chi connectivity index (χ0) is 20.3. The average molecular weight is 378 g/mol. The number of nitrogens with one attached hydrogen (secondary N) is 2. The van der Waals surface area contributed by atoms with Gasteiger partial charge in [0, 0.05) is 17.0 Å². The fourth-order valence-corrected chi connectivity index (χ4v) is 2.92. The molecular formula is C22H22N2O4. The molecule has 6 nitrogen and oxygen atoms in total. The number of aromatic amines is 1. The fraction of sp³-hybridized carbons (Fsp3) is 0.227. The third kappa shape index (κ3) is 4.28. The number of hydrogen-bond donors (Lipinski definition) is 2. The smallest absolute Gasteiger partial charge is 0.355 e. The van der Waals surface area contributed by atoms with Gasteiger partial charge in [0.25, 0.3) is 5.91 Å². The second kappa shape index (κ2) is 8.08. The summed E-state index contributed by atoms with van der Waals surface area (Å²) in [6.45, 7) is 5.48. The first-order valence-electron chi connectivity index (χ1n) is 9.01. The summed E-state index contributed by atoms with van der Waals surface area (Å²) in [6.07, 6.45) is 0. The lowest BCUT2D eigenvalue weighted by molar-refractivity contribution is -0.124. The van der Waals surface area contributed by atoms with Crippen LogP contribution in [0.15, 0.2) is 53.3 Å². The number of ether oxygens (including phenoxy) is 1. The summed E-state index contributed by atoms with van der Waals surface area (Å²) in [7, 11) is 0. The van der Waals surface area contributed by atoms with Crippen molar-refractivity contribution in [2.45, 2.75) is 26.8 Å². The predicted octanol–water partition coefficient (Wildman–Crippen LogP) is 3.18. The minimum Gasteiger partial charge on any atom is -0.451 e. The van der Waals surface area contributed by atoms with Gasteiger partial charge in [-0.15, -0.1) is 0 Å². The van der Waals surface area contributed by atoms with Crippen LogP contribution in [0.2, 0.25) is 0 Å². The Morgan fingerprint density at radius 2 is 1.82 bits per heavy atom. The standard InChI is InChI=1S/C22H22N2O4/c1-13-8-9-16(10-14(13)2)15(3)23-21(26)12-28-22(27)19-11-20(25)17-6-4-5-7-18(17)24-19/h4-11,15H,12H2,1-3H3,(H,23,26)(H,24,25)/t15-/m1/s1. The van der Waals surface area contributed by atoms with Gasteiger partial charge < -0.3 is 15.0 Å². The van der Waals surface area contributed by atoms with Crippen molar-refractivity contribution in [2.24, 2.45) is 0 Å². The van der Waals surface area contributed by atoms with Gasteiger partial charge in [0.2, 0.25) is 0 Å². The third-order valence-corrected chi connectivity index (χ3v) is 4.70. The second-order valence-corrected chi connectivity index (χ2v) is 6.80. The molecule has 0 radical (unpaired) electrons. The van der Waals surface area contributed by atoms with Crippen LogP contribution >= 0.6 is 0 Å². The van der Waals surface area contributed by atoms with Gasteiger partial charge >= 0.3 is 5.97 Å². The summed E-state index contributed by atoms with van der Waals surface area (Å²) in [5, 5.41) is 3.29. The largest absolute Gasteiger partial charge is 0.451 e. The van der Waals surface area contributed by atoms with Gasteiger partial charge in [0.1, 0.15) is 5.69 Å². The fourth-order valence-electron chi connectivity index (χ4n) is 2.92. The maximum Gasteiger partial charge on any atom is 0.355 e. The van der Waals surface area contributed by atoms with Crippen molar-refractivity contribution < 1.29 is 14.3 Å². The first-order chi connectivity index (χ1) is 13.3. The number of fused-ring (bicyclic) bond motifs is 1. The Balaban J connectivity index is 1.62. The SMILES string of the molecule is Cc1ccc([C@@H](C)NC(=O)COC(=O)c2cc(=O)c3ccccc3[nH]2)cc1C. The molecule has 0 saturated carbocycles. The molecule has 3 rings (SSSR count). The zero-order valence-electron chi connectivity index (χ0n) is 16.0. The van der Waals surface area contributed by atoms with Gasteiger partial charge in [-0.1, -0.05) is 30.3 Å². The molecule has 1 atom stereocenters. The van der Waals surface area contributed by atoms with Crippen molar-refractivity contribution in [3.05, 3.63) is 81.1 Å². The molecule has 0 aliphatic rings. The van der Waals surface area contributed by atoms with E-state index in [-0.39, 0.29) is 17.2 Å². The van der Waals surface area contributed by atoms with E-state index in [2.05, 4.69) is 10.3 Å². The molecule has 144 valence electrons. The maximum absolute atomic E-state index is 12.2. The predicted molar refractivity (Wildman–Crippen MR) is 107 cm³/mol. The number of aryl methyl sites for hydroxylation is 2. The van der Waals surface area contributed by atoms with Crippen LogP contribution in [0.4, 0.5) is 0 Å². The second-order valence-electron chi connectivity index (χ2n) is 6.80. The number of hydrogen-bond acceptors (Lipinski definition) is 4. The Bertz CT molecular complexity index is 1100. The monoisotopic (exact) mass is 378 g/mol. The third-order valence-electron chi connectivity index (χ3n) is 4.70. The first-order valence-corrected chi connectivity index (χ1v) is 9.01. The Hall–Kier alpha value is -3.41. The van der Waals surface area contributed by atoms with Crippen LogP contribution in [0.25, 0.3) is 10.9 Å². The van der Waals surface area contributed by atoms with Crippen LogP contribution in [-0.2, 0) is 9.53 Å².